The Morgan fingerprint density at radius 1 is 1.08 bits per heavy atom. The highest BCUT2D eigenvalue weighted by atomic mass is 32.2. The summed E-state index contributed by atoms with van der Waals surface area (Å²) in [6.07, 6.45) is 4.27. The molecule has 2 aliphatic heterocycles. The van der Waals surface area contributed by atoms with Crippen LogP contribution in [0.25, 0.3) is 11.7 Å². The minimum atomic E-state index is -0.198. The van der Waals surface area contributed by atoms with E-state index in [9.17, 15) is 9.59 Å². The molecule has 2 aromatic heterocycles. The van der Waals surface area contributed by atoms with E-state index in [0.717, 1.165) is 36.5 Å². The molecule has 2 aliphatic rings. The van der Waals surface area contributed by atoms with Crippen LogP contribution >= 0.6 is 24.0 Å². The van der Waals surface area contributed by atoms with Gasteiger partial charge in [-0.1, -0.05) is 49.1 Å². The van der Waals surface area contributed by atoms with Gasteiger partial charge < -0.3 is 14.5 Å². The van der Waals surface area contributed by atoms with Crippen molar-refractivity contribution < 1.29 is 9.53 Å². The maximum absolute atomic E-state index is 13.8. The molecule has 8 nitrogen and oxygen atoms in total. The number of aromatic nitrogens is 2. The maximum Gasteiger partial charge on any atom is 0.267 e. The van der Waals surface area contributed by atoms with Crippen LogP contribution in [0.5, 0.6) is 5.75 Å². The largest absolute Gasteiger partial charge is 0.495 e. The molecule has 3 aromatic rings. The van der Waals surface area contributed by atoms with Crippen LogP contribution in [0.2, 0.25) is 0 Å². The molecule has 0 spiro atoms. The normalized spacial score (nSPS) is 17.4. The smallest absolute Gasteiger partial charge is 0.267 e. The van der Waals surface area contributed by atoms with Gasteiger partial charge in [0.05, 0.1) is 23.3 Å². The predicted octanol–water partition coefficient (Wildman–Crippen LogP) is 3.95. The highest BCUT2D eigenvalue weighted by Gasteiger charge is 2.32. The Morgan fingerprint density at radius 3 is 2.54 bits per heavy atom. The number of benzene rings is 1. The summed E-state index contributed by atoms with van der Waals surface area (Å²) < 4.78 is 7.63. The van der Waals surface area contributed by atoms with Crippen LogP contribution in [0.1, 0.15) is 24.5 Å². The molecular weight excluding hydrogens is 506 g/mol. The fraction of sp³-hybridized carbons (Fsp3) is 0.333. The van der Waals surface area contributed by atoms with Gasteiger partial charge in [0.1, 0.15) is 21.5 Å². The number of nitrogens with zero attached hydrogens (tertiary/aromatic N) is 5. The molecule has 0 aliphatic carbocycles. The van der Waals surface area contributed by atoms with Crippen molar-refractivity contribution >= 4 is 57.4 Å². The van der Waals surface area contributed by atoms with Gasteiger partial charge in [0.15, 0.2) is 0 Å². The second kappa shape index (κ2) is 10.5. The summed E-state index contributed by atoms with van der Waals surface area (Å²) in [4.78, 5) is 38.2. The van der Waals surface area contributed by atoms with Gasteiger partial charge in [-0.05, 0) is 43.2 Å². The lowest BCUT2D eigenvalue weighted by atomic mass is 10.2. The number of piperazine rings is 1. The lowest BCUT2D eigenvalue weighted by molar-refractivity contribution is -0.122. The van der Waals surface area contributed by atoms with Gasteiger partial charge >= 0.3 is 0 Å². The Labute approximate surface area is 225 Å². The average molecular weight is 536 g/mol. The van der Waals surface area contributed by atoms with Crippen molar-refractivity contribution in [3.63, 3.8) is 0 Å². The Balaban J connectivity index is 1.53. The van der Waals surface area contributed by atoms with Crippen LogP contribution in [0, 0.1) is 6.92 Å². The number of ether oxygens (including phenoxy) is 1. The SMILES string of the molecule is CCCN1C(=O)/C(=C/c2c(N3CCN(c4ccccc4OC)CC3)nc3ccc(C)cn3c2=O)SC1=S. The molecular formula is C27H29N5O3S2. The third-order valence-corrected chi connectivity index (χ3v) is 7.96. The zero-order chi connectivity index (χ0) is 26.1. The minimum Gasteiger partial charge on any atom is -0.495 e. The number of thioether (sulfide) groups is 1. The summed E-state index contributed by atoms with van der Waals surface area (Å²) in [5.74, 6) is 1.27. The van der Waals surface area contributed by atoms with Gasteiger partial charge in [-0.25, -0.2) is 4.98 Å². The van der Waals surface area contributed by atoms with Gasteiger partial charge in [0.25, 0.3) is 11.5 Å². The van der Waals surface area contributed by atoms with Crippen molar-refractivity contribution in [2.45, 2.75) is 20.3 Å². The molecule has 37 heavy (non-hydrogen) atoms. The van der Waals surface area contributed by atoms with Crippen molar-refractivity contribution in [2.24, 2.45) is 0 Å². The van der Waals surface area contributed by atoms with E-state index < -0.39 is 0 Å². The van der Waals surface area contributed by atoms with Gasteiger partial charge in [-0.2, -0.15) is 0 Å². The number of methoxy groups -OCH3 is 1. The van der Waals surface area contributed by atoms with Crippen LogP contribution in [0.3, 0.4) is 0 Å². The van der Waals surface area contributed by atoms with E-state index in [1.54, 1.807) is 28.7 Å². The van der Waals surface area contributed by atoms with Crippen molar-refractivity contribution in [1.29, 1.82) is 0 Å². The van der Waals surface area contributed by atoms with Gasteiger partial charge in [0, 0.05) is 38.9 Å². The van der Waals surface area contributed by atoms with Gasteiger partial charge in [-0.15, -0.1) is 0 Å². The minimum absolute atomic E-state index is 0.155. The molecule has 2 saturated heterocycles. The Bertz CT molecular complexity index is 1460. The maximum atomic E-state index is 13.8. The highest BCUT2D eigenvalue weighted by Crippen LogP contribution is 2.34. The van der Waals surface area contributed by atoms with Crippen LogP contribution in [0.15, 0.2) is 52.3 Å². The molecule has 0 bridgehead atoms. The fourth-order valence-electron chi connectivity index (χ4n) is 4.71. The number of carbonyl (C=O) groups is 1. The number of fused-ring (bicyclic) bond motifs is 1. The lowest BCUT2D eigenvalue weighted by Crippen LogP contribution is -2.47. The summed E-state index contributed by atoms with van der Waals surface area (Å²) in [7, 11) is 1.68. The van der Waals surface area contributed by atoms with Crippen LogP contribution in [-0.4, -0.2) is 64.3 Å². The standard InChI is InChI=1S/C27H29N5O3S2/c1-4-11-31-26(34)22(37-27(31)36)16-19-24(28-23-10-9-18(2)17-32(23)25(19)33)30-14-12-29(13-15-30)20-7-5-6-8-21(20)35-3/h5-10,16-17H,4,11-15H2,1-3H3/b22-16-. The topological polar surface area (TPSA) is 70.4 Å². The van der Waals surface area contributed by atoms with E-state index in [2.05, 4.69) is 15.9 Å². The third kappa shape index (κ3) is 4.83. The number of para-hydroxylation sites is 2. The lowest BCUT2D eigenvalue weighted by Gasteiger charge is -2.37. The van der Waals surface area contributed by atoms with E-state index in [1.807, 2.05) is 44.2 Å². The number of rotatable bonds is 6. The van der Waals surface area contributed by atoms with Crippen molar-refractivity contribution in [2.75, 3.05) is 49.6 Å². The second-order valence-electron chi connectivity index (χ2n) is 9.07. The molecule has 0 N–H and O–H groups in total. The number of hydrogen-bond acceptors (Lipinski definition) is 8. The Kier molecular flexibility index (Phi) is 7.21. The molecule has 0 radical (unpaired) electrons. The first-order valence-electron chi connectivity index (χ1n) is 12.3. The van der Waals surface area contributed by atoms with E-state index >= 15 is 0 Å². The summed E-state index contributed by atoms with van der Waals surface area (Å²) in [6, 6.07) is 11.8. The average Bonchev–Trinajstić information content (AvgIpc) is 3.18. The van der Waals surface area contributed by atoms with Crippen molar-refractivity contribution in [3.8, 4) is 5.75 Å². The van der Waals surface area contributed by atoms with E-state index in [-0.39, 0.29) is 11.5 Å². The number of thiocarbonyl (C=S) groups is 1. The van der Waals surface area contributed by atoms with Crippen LogP contribution < -0.4 is 20.1 Å². The van der Waals surface area contributed by atoms with E-state index in [1.165, 1.54) is 11.8 Å². The molecule has 4 heterocycles. The monoisotopic (exact) mass is 535 g/mol. The summed E-state index contributed by atoms with van der Waals surface area (Å²) >= 11 is 6.69. The number of anilines is 2. The zero-order valence-corrected chi connectivity index (χ0v) is 22.8. The van der Waals surface area contributed by atoms with Crippen molar-refractivity contribution in [3.05, 3.63) is 69.0 Å². The number of aryl methyl sites for hydroxylation is 1. The van der Waals surface area contributed by atoms with E-state index in [0.29, 0.717) is 45.9 Å². The molecule has 5 rings (SSSR count). The Hall–Kier alpha value is -3.37. The quantitative estimate of drug-likeness (QED) is 0.347. The number of carbonyl (C=O) groups excluding carboxylic acids is 1. The summed E-state index contributed by atoms with van der Waals surface area (Å²) in [6.45, 7) is 7.34. The second-order valence-corrected chi connectivity index (χ2v) is 10.7. The molecule has 0 atom stereocenters. The molecule has 1 amide bonds. The van der Waals surface area contributed by atoms with Crippen LogP contribution in [0.4, 0.5) is 11.5 Å². The van der Waals surface area contributed by atoms with Crippen LogP contribution in [-0.2, 0) is 4.79 Å². The first-order chi connectivity index (χ1) is 17.9. The zero-order valence-electron chi connectivity index (χ0n) is 21.1. The molecule has 192 valence electrons. The summed E-state index contributed by atoms with van der Waals surface area (Å²) in [5.41, 5.74) is 2.79. The van der Waals surface area contributed by atoms with E-state index in [4.69, 9.17) is 21.9 Å². The first kappa shape index (κ1) is 25.3. The first-order valence-corrected chi connectivity index (χ1v) is 13.5. The molecule has 1 aromatic carbocycles. The number of amides is 1. The summed E-state index contributed by atoms with van der Waals surface area (Å²) in [5, 5.41) is 0. The van der Waals surface area contributed by atoms with Gasteiger partial charge in [0.2, 0.25) is 0 Å². The van der Waals surface area contributed by atoms with Crippen molar-refractivity contribution in [1.82, 2.24) is 14.3 Å². The predicted molar refractivity (Wildman–Crippen MR) is 154 cm³/mol. The molecule has 0 unspecified atom stereocenters. The molecule has 0 saturated carbocycles. The third-order valence-electron chi connectivity index (χ3n) is 6.59. The highest BCUT2D eigenvalue weighted by molar-refractivity contribution is 8.26. The number of pyridine rings is 1. The number of hydrogen-bond donors (Lipinski definition) is 0. The molecule has 2 fully saturated rings. The Morgan fingerprint density at radius 2 is 1.81 bits per heavy atom. The molecule has 10 heteroatoms. The van der Waals surface area contributed by atoms with Gasteiger partial charge in [-0.3, -0.25) is 18.9 Å². The fourth-order valence-corrected chi connectivity index (χ4v) is 6.00.